The number of piperidine rings is 1. The minimum Gasteiger partial charge on any atom is -0.481 e. The zero-order chi connectivity index (χ0) is 14.0. The van der Waals surface area contributed by atoms with Gasteiger partial charge in [-0.1, -0.05) is 0 Å². The highest BCUT2D eigenvalue weighted by Gasteiger charge is 2.37. The Morgan fingerprint density at radius 1 is 1.16 bits per heavy atom. The molecule has 7 nitrogen and oxygen atoms in total. The Morgan fingerprint density at radius 2 is 1.74 bits per heavy atom. The van der Waals surface area contributed by atoms with Crippen LogP contribution in [0.4, 0.5) is 0 Å². The molecule has 0 spiro atoms. The van der Waals surface area contributed by atoms with E-state index in [1.54, 1.807) is 0 Å². The van der Waals surface area contributed by atoms with E-state index in [1.165, 1.54) is 8.61 Å². The maximum absolute atomic E-state index is 12.4. The first-order chi connectivity index (χ1) is 8.95. The molecule has 2 rings (SSSR count). The lowest BCUT2D eigenvalue weighted by atomic mass is 9.99. The summed E-state index contributed by atoms with van der Waals surface area (Å²) in [4.78, 5) is 10.9. The largest absolute Gasteiger partial charge is 0.481 e. The smallest absolute Gasteiger partial charge is 0.306 e. The molecule has 110 valence electrons. The Labute approximate surface area is 113 Å². The van der Waals surface area contributed by atoms with Crippen LogP contribution in [0.25, 0.3) is 0 Å². The number of nitrogens with zero attached hydrogens (tertiary/aromatic N) is 2. The van der Waals surface area contributed by atoms with Gasteiger partial charge in [-0.25, -0.2) is 0 Å². The maximum Gasteiger partial charge on any atom is 0.306 e. The van der Waals surface area contributed by atoms with Gasteiger partial charge in [-0.2, -0.15) is 17.0 Å². The van der Waals surface area contributed by atoms with Crippen molar-refractivity contribution in [3.05, 3.63) is 0 Å². The predicted octanol–water partition coefficient (Wildman–Crippen LogP) is -0.692. The number of aliphatic carboxylic acids is 1. The van der Waals surface area contributed by atoms with Gasteiger partial charge in [0.1, 0.15) is 0 Å². The SMILES string of the molecule is NCC1CCN(S(=O)(=O)N2CCC(C(=O)O)CC2)C1. The Morgan fingerprint density at radius 3 is 2.21 bits per heavy atom. The Hall–Kier alpha value is -0.700. The van der Waals surface area contributed by atoms with Gasteiger partial charge in [-0.05, 0) is 31.7 Å². The van der Waals surface area contributed by atoms with Gasteiger partial charge < -0.3 is 10.8 Å². The summed E-state index contributed by atoms with van der Waals surface area (Å²) in [7, 11) is -3.44. The van der Waals surface area contributed by atoms with E-state index in [9.17, 15) is 13.2 Å². The molecule has 0 aromatic heterocycles. The highest BCUT2D eigenvalue weighted by atomic mass is 32.2. The van der Waals surface area contributed by atoms with E-state index in [2.05, 4.69) is 0 Å². The lowest BCUT2D eigenvalue weighted by Crippen LogP contribution is -2.47. The first-order valence-electron chi connectivity index (χ1n) is 6.63. The Kier molecular flexibility index (Phi) is 4.44. The van der Waals surface area contributed by atoms with Crippen molar-refractivity contribution in [3.63, 3.8) is 0 Å². The van der Waals surface area contributed by atoms with Gasteiger partial charge in [0.15, 0.2) is 0 Å². The Bertz CT molecular complexity index is 431. The van der Waals surface area contributed by atoms with Gasteiger partial charge in [0.25, 0.3) is 10.2 Å². The van der Waals surface area contributed by atoms with Crippen LogP contribution in [0.15, 0.2) is 0 Å². The van der Waals surface area contributed by atoms with E-state index in [1.807, 2.05) is 0 Å². The van der Waals surface area contributed by atoms with Crippen LogP contribution in [-0.2, 0) is 15.0 Å². The van der Waals surface area contributed by atoms with Crippen molar-refractivity contribution in [1.29, 1.82) is 0 Å². The molecule has 0 aliphatic carbocycles. The minimum atomic E-state index is -3.44. The number of nitrogens with two attached hydrogens (primary N) is 1. The molecule has 1 unspecified atom stereocenters. The summed E-state index contributed by atoms with van der Waals surface area (Å²) in [5.41, 5.74) is 5.57. The molecule has 8 heteroatoms. The first kappa shape index (κ1) is 14.7. The lowest BCUT2D eigenvalue weighted by molar-refractivity contribution is -0.142. The van der Waals surface area contributed by atoms with E-state index < -0.39 is 22.1 Å². The fraction of sp³-hybridized carbons (Fsp3) is 0.909. The third-order valence-electron chi connectivity index (χ3n) is 4.04. The van der Waals surface area contributed by atoms with Crippen molar-refractivity contribution in [2.45, 2.75) is 19.3 Å². The third kappa shape index (κ3) is 3.07. The van der Waals surface area contributed by atoms with Crippen LogP contribution >= 0.6 is 0 Å². The molecular formula is C11H21N3O4S. The van der Waals surface area contributed by atoms with Crippen LogP contribution in [0.1, 0.15) is 19.3 Å². The second kappa shape index (κ2) is 5.74. The molecular weight excluding hydrogens is 270 g/mol. The molecule has 0 radical (unpaired) electrons. The monoisotopic (exact) mass is 291 g/mol. The van der Waals surface area contributed by atoms with E-state index in [0.717, 1.165) is 6.42 Å². The number of carboxylic acid groups (broad SMARTS) is 1. The van der Waals surface area contributed by atoms with Crippen molar-refractivity contribution >= 4 is 16.2 Å². The first-order valence-corrected chi connectivity index (χ1v) is 8.03. The fourth-order valence-corrected chi connectivity index (χ4v) is 4.43. The normalized spacial score (nSPS) is 27.7. The summed E-state index contributed by atoms with van der Waals surface area (Å²) in [6.45, 7) is 2.10. The van der Waals surface area contributed by atoms with Crippen LogP contribution in [0.2, 0.25) is 0 Å². The minimum absolute atomic E-state index is 0.242. The summed E-state index contributed by atoms with van der Waals surface area (Å²) < 4.78 is 27.7. The van der Waals surface area contributed by atoms with E-state index in [4.69, 9.17) is 10.8 Å². The molecule has 19 heavy (non-hydrogen) atoms. The standard InChI is InChI=1S/C11H21N3O4S/c12-7-9-1-4-14(8-9)19(17,18)13-5-2-10(3-6-13)11(15)16/h9-10H,1-8,12H2,(H,15,16). The molecule has 3 N–H and O–H groups in total. The topological polar surface area (TPSA) is 104 Å². The van der Waals surface area contributed by atoms with Gasteiger partial charge in [0.05, 0.1) is 5.92 Å². The van der Waals surface area contributed by atoms with Crippen molar-refractivity contribution in [2.24, 2.45) is 17.6 Å². The lowest BCUT2D eigenvalue weighted by Gasteiger charge is -2.32. The molecule has 0 aromatic rings. The average molecular weight is 291 g/mol. The van der Waals surface area contributed by atoms with Crippen molar-refractivity contribution in [3.8, 4) is 0 Å². The second-order valence-corrected chi connectivity index (χ2v) is 7.20. The van der Waals surface area contributed by atoms with Crippen molar-refractivity contribution in [1.82, 2.24) is 8.61 Å². The van der Waals surface area contributed by atoms with Gasteiger partial charge in [0.2, 0.25) is 0 Å². The molecule has 2 heterocycles. The molecule has 0 amide bonds. The van der Waals surface area contributed by atoms with Gasteiger partial charge in [-0.3, -0.25) is 4.79 Å². The molecule has 0 bridgehead atoms. The molecule has 2 aliphatic heterocycles. The number of carbonyl (C=O) groups is 1. The number of hydrogen-bond acceptors (Lipinski definition) is 4. The van der Waals surface area contributed by atoms with Crippen molar-refractivity contribution < 1.29 is 18.3 Å². The van der Waals surface area contributed by atoms with Crippen LogP contribution < -0.4 is 5.73 Å². The zero-order valence-electron chi connectivity index (χ0n) is 10.9. The van der Waals surface area contributed by atoms with Crippen LogP contribution in [0.5, 0.6) is 0 Å². The Balaban J connectivity index is 1.96. The summed E-state index contributed by atoms with van der Waals surface area (Å²) in [6, 6.07) is 0. The number of carboxylic acids is 1. The summed E-state index contributed by atoms with van der Waals surface area (Å²) >= 11 is 0. The highest BCUT2D eigenvalue weighted by molar-refractivity contribution is 7.86. The quantitative estimate of drug-likeness (QED) is 0.713. The van der Waals surface area contributed by atoms with Gasteiger partial charge in [-0.15, -0.1) is 0 Å². The highest BCUT2D eigenvalue weighted by Crippen LogP contribution is 2.25. The van der Waals surface area contributed by atoms with Crippen LogP contribution in [0, 0.1) is 11.8 Å². The fourth-order valence-electron chi connectivity index (χ4n) is 2.70. The second-order valence-electron chi connectivity index (χ2n) is 5.27. The van der Waals surface area contributed by atoms with E-state index in [-0.39, 0.29) is 5.92 Å². The number of rotatable bonds is 4. The summed E-state index contributed by atoms with van der Waals surface area (Å²) in [5, 5.41) is 8.91. The molecule has 2 saturated heterocycles. The molecule has 0 saturated carbocycles. The third-order valence-corrected chi connectivity index (χ3v) is 6.04. The molecule has 2 aliphatic rings. The molecule has 1 atom stereocenters. The summed E-state index contributed by atoms with van der Waals surface area (Å²) in [5.74, 6) is -1.01. The van der Waals surface area contributed by atoms with Crippen molar-refractivity contribution in [2.75, 3.05) is 32.7 Å². The van der Waals surface area contributed by atoms with Gasteiger partial charge >= 0.3 is 5.97 Å². The van der Waals surface area contributed by atoms with E-state index >= 15 is 0 Å². The molecule has 0 aromatic carbocycles. The van der Waals surface area contributed by atoms with Gasteiger partial charge in [0, 0.05) is 26.2 Å². The molecule has 2 fully saturated rings. The maximum atomic E-state index is 12.4. The van der Waals surface area contributed by atoms with E-state index in [0.29, 0.717) is 45.6 Å². The average Bonchev–Trinajstić information content (AvgIpc) is 2.88. The van der Waals surface area contributed by atoms with Crippen LogP contribution in [0.3, 0.4) is 0 Å². The summed E-state index contributed by atoms with van der Waals surface area (Å²) in [6.07, 6.45) is 1.59. The number of hydrogen-bond donors (Lipinski definition) is 2. The van der Waals surface area contributed by atoms with Crippen LogP contribution in [-0.4, -0.2) is 60.8 Å². The zero-order valence-corrected chi connectivity index (χ0v) is 11.7. The predicted molar refractivity (Wildman–Crippen MR) is 69.6 cm³/mol.